The van der Waals surface area contributed by atoms with E-state index in [4.69, 9.17) is 4.74 Å². The van der Waals surface area contributed by atoms with Gasteiger partial charge in [-0.05, 0) is 19.3 Å². The van der Waals surface area contributed by atoms with Crippen molar-refractivity contribution in [3.8, 4) is 0 Å². The van der Waals surface area contributed by atoms with Crippen LogP contribution in [0.3, 0.4) is 0 Å². The third-order valence-electron chi connectivity index (χ3n) is 3.70. The van der Waals surface area contributed by atoms with E-state index in [1.54, 1.807) is 0 Å². The average Bonchev–Trinajstić information content (AvgIpc) is 2.68. The number of hydrogen-bond donors (Lipinski definition) is 0. The molecule has 0 saturated carbocycles. The number of Topliss-reactive ketones (excluding diaryl/α,β-unsaturated/α-hetero) is 1. The van der Waals surface area contributed by atoms with Crippen LogP contribution in [0.15, 0.2) is 49.6 Å². The van der Waals surface area contributed by atoms with Gasteiger partial charge in [-0.1, -0.05) is 26.3 Å². The summed E-state index contributed by atoms with van der Waals surface area (Å²) in [5.74, 6) is -11.4. The predicted molar refractivity (Wildman–Crippen MR) is 99.8 cm³/mol. The Morgan fingerprint density at radius 3 is 1.61 bits per heavy atom. The summed E-state index contributed by atoms with van der Waals surface area (Å²) in [6.45, 7) is 10.0. The van der Waals surface area contributed by atoms with Crippen molar-refractivity contribution in [2.24, 2.45) is 5.92 Å². The summed E-state index contributed by atoms with van der Waals surface area (Å²) >= 11 is 0. The quantitative estimate of drug-likeness (QED) is 0.163. The molecule has 0 fully saturated rings. The Balaban J connectivity index is 5.00. The van der Waals surface area contributed by atoms with E-state index < -0.39 is 78.7 Å². The molecule has 0 aliphatic heterocycles. The van der Waals surface area contributed by atoms with Gasteiger partial charge in [0, 0.05) is 12.3 Å². The largest absolute Gasteiger partial charge is 0.460 e. The second-order valence-electron chi connectivity index (χ2n) is 6.27. The van der Waals surface area contributed by atoms with Crippen LogP contribution in [-0.2, 0) is 33.4 Å². The van der Waals surface area contributed by atoms with Crippen LogP contribution in [0.25, 0.3) is 0 Å². The number of carbonyl (C=O) groups is 4. The van der Waals surface area contributed by atoms with Crippen LogP contribution >= 0.6 is 0 Å². The Labute approximate surface area is 176 Å². The van der Waals surface area contributed by atoms with Crippen molar-refractivity contribution in [1.29, 1.82) is 0 Å². The molecule has 0 aromatic rings. The van der Waals surface area contributed by atoms with Gasteiger partial charge in [0.2, 0.25) is 17.5 Å². The molecule has 0 radical (unpaired) electrons. The number of allylic oxidation sites excluding steroid dienone is 1. The fourth-order valence-electron chi connectivity index (χ4n) is 2.16. The molecule has 0 bridgehead atoms. The number of ketones is 1. The molecule has 0 N–H and O–H groups in total. The SMILES string of the molecule is C=C(F)C(=O)CC(CCCC(COC(=O)C(=C)F)OC(=O)C(=C)F)COC(=O)C(=C)F. The molecule has 0 amide bonds. The monoisotopic (exact) mass is 450 g/mol. The van der Waals surface area contributed by atoms with E-state index in [9.17, 15) is 36.7 Å². The molecule has 0 aromatic carbocycles. The Morgan fingerprint density at radius 2 is 1.16 bits per heavy atom. The number of esters is 3. The summed E-state index contributed by atoms with van der Waals surface area (Å²) in [6.07, 6.45) is -1.54. The van der Waals surface area contributed by atoms with E-state index in [2.05, 4.69) is 35.8 Å². The van der Waals surface area contributed by atoms with Crippen molar-refractivity contribution >= 4 is 23.7 Å². The van der Waals surface area contributed by atoms with Crippen molar-refractivity contribution < 1.29 is 51.0 Å². The fraction of sp³-hybridized carbons (Fsp3) is 0.400. The first-order chi connectivity index (χ1) is 14.3. The summed E-state index contributed by atoms with van der Waals surface area (Å²) in [6, 6.07) is 0. The normalized spacial score (nSPS) is 12.1. The Kier molecular flexibility index (Phi) is 12.4. The topological polar surface area (TPSA) is 96.0 Å². The van der Waals surface area contributed by atoms with Crippen molar-refractivity contribution in [3.63, 3.8) is 0 Å². The average molecular weight is 450 g/mol. The molecule has 0 rings (SSSR count). The maximum atomic E-state index is 13.0. The minimum absolute atomic E-state index is 0.0689. The summed E-state index contributed by atoms with van der Waals surface area (Å²) in [5.41, 5.74) is 0. The Hall–Kier alpha value is -3.24. The van der Waals surface area contributed by atoms with Crippen LogP contribution in [0, 0.1) is 5.92 Å². The van der Waals surface area contributed by atoms with Gasteiger partial charge in [-0.15, -0.1) is 0 Å². The fourth-order valence-corrected chi connectivity index (χ4v) is 2.16. The van der Waals surface area contributed by atoms with Crippen LogP contribution in [0.2, 0.25) is 0 Å². The molecule has 31 heavy (non-hydrogen) atoms. The maximum absolute atomic E-state index is 13.0. The van der Waals surface area contributed by atoms with E-state index in [-0.39, 0.29) is 19.3 Å². The summed E-state index contributed by atoms with van der Waals surface area (Å²) in [4.78, 5) is 45.2. The van der Waals surface area contributed by atoms with Gasteiger partial charge in [0.05, 0.1) is 6.61 Å². The lowest BCUT2D eigenvalue weighted by Crippen LogP contribution is -2.26. The number of ether oxygens (including phenoxy) is 3. The number of halogens is 4. The Morgan fingerprint density at radius 1 is 0.677 bits per heavy atom. The standard InChI is InChI=1S/C20H22F4O7/c1-11(21)17(25)8-15(9-29-18(26)12(2)22)6-5-7-16(31-20(28)14(4)24)10-30-19(27)13(3)23/h15-16H,1-10H2. The summed E-state index contributed by atoms with van der Waals surface area (Å²) in [5, 5.41) is 0. The van der Waals surface area contributed by atoms with Gasteiger partial charge >= 0.3 is 17.9 Å². The molecule has 7 nitrogen and oxygen atoms in total. The number of hydrogen-bond acceptors (Lipinski definition) is 7. The Bertz CT molecular complexity index is 699. The first-order valence-electron chi connectivity index (χ1n) is 8.81. The molecular formula is C20H22F4O7. The van der Waals surface area contributed by atoms with E-state index >= 15 is 0 Å². The van der Waals surface area contributed by atoms with Crippen LogP contribution in [0.1, 0.15) is 25.7 Å². The highest BCUT2D eigenvalue weighted by Gasteiger charge is 2.23. The van der Waals surface area contributed by atoms with Crippen molar-refractivity contribution in [1.82, 2.24) is 0 Å². The first-order valence-corrected chi connectivity index (χ1v) is 8.81. The highest BCUT2D eigenvalue weighted by Crippen LogP contribution is 2.19. The van der Waals surface area contributed by atoms with E-state index in [1.165, 1.54) is 0 Å². The number of carbonyl (C=O) groups excluding carboxylic acids is 4. The molecule has 2 unspecified atom stereocenters. The minimum Gasteiger partial charge on any atom is -0.460 e. The predicted octanol–water partition coefficient (Wildman–Crippen LogP) is 3.66. The maximum Gasteiger partial charge on any atom is 0.366 e. The lowest BCUT2D eigenvalue weighted by Gasteiger charge is -2.19. The molecule has 0 aliphatic carbocycles. The zero-order valence-electron chi connectivity index (χ0n) is 16.6. The third kappa shape index (κ3) is 12.1. The van der Waals surface area contributed by atoms with Gasteiger partial charge in [-0.2, -0.15) is 13.2 Å². The van der Waals surface area contributed by atoms with Gasteiger partial charge in [0.1, 0.15) is 12.7 Å². The molecule has 0 aromatic heterocycles. The van der Waals surface area contributed by atoms with Gasteiger partial charge in [0.15, 0.2) is 11.6 Å². The van der Waals surface area contributed by atoms with Crippen LogP contribution < -0.4 is 0 Å². The molecule has 11 heteroatoms. The highest BCUT2D eigenvalue weighted by molar-refractivity contribution is 5.92. The summed E-state index contributed by atoms with van der Waals surface area (Å²) in [7, 11) is 0. The molecule has 0 heterocycles. The van der Waals surface area contributed by atoms with Crippen LogP contribution in [-0.4, -0.2) is 43.0 Å². The first kappa shape index (κ1) is 27.8. The zero-order valence-corrected chi connectivity index (χ0v) is 16.6. The lowest BCUT2D eigenvalue weighted by atomic mass is 9.95. The second kappa shape index (κ2) is 13.9. The van der Waals surface area contributed by atoms with Crippen molar-refractivity contribution in [2.45, 2.75) is 31.8 Å². The molecule has 2 atom stereocenters. The van der Waals surface area contributed by atoms with E-state index in [1.807, 2.05) is 0 Å². The molecule has 172 valence electrons. The van der Waals surface area contributed by atoms with Gasteiger partial charge in [-0.3, -0.25) is 4.79 Å². The summed E-state index contributed by atoms with van der Waals surface area (Å²) < 4.78 is 65.2. The van der Waals surface area contributed by atoms with E-state index in [0.717, 1.165) is 0 Å². The van der Waals surface area contributed by atoms with Gasteiger partial charge in [0.25, 0.3) is 0 Å². The van der Waals surface area contributed by atoms with Gasteiger partial charge < -0.3 is 14.2 Å². The molecular weight excluding hydrogens is 428 g/mol. The second-order valence-corrected chi connectivity index (χ2v) is 6.27. The van der Waals surface area contributed by atoms with E-state index in [0.29, 0.717) is 0 Å². The number of rotatable bonds is 15. The highest BCUT2D eigenvalue weighted by atomic mass is 19.1. The molecule has 0 aliphatic rings. The third-order valence-corrected chi connectivity index (χ3v) is 3.70. The smallest absolute Gasteiger partial charge is 0.366 e. The van der Waals surface area contributed by atoms with Crippen LogP contribution in [0.4, 0.5) is 17.6 Å². The van der Waals surface area contributed by atoms with Gasteiger partial charge in [-0.25, -0.2) is 18.8 Å². The molecule has 0 saturated heterocycles. The molecule has 0 spiro atoms. The van der Waals surface area contributed by atoms with Crippen molar-refractivity contribution in [2.75, 3.05) is 13.2 Å². The van der Waals surface area contributed by atoms with Crippen molar-refractivity contribution in [3.05, 3.63) is 49.6 Å². The van der Waals surface area contributed by atoms with Crippen LogP contribution in [0.5, 0.6) is 0 Å². The zero-order chi connectivity index (χ0) is 24.1. The minimum atomic E-state index is -1.43. The lowest BCUT2D eigenvalue weighted by molar-refractivity contribution is -0.156.